The predicted molar refractivity (Wildman–Crippen MR) is 118 cm³/mol. The van der Waals surface area contributed by atoms with Gasteiger partial charge in [0.15, 0.2) is 5.82 Å². The maximum Gasteiger partial charge on any atom is 0.328 e. The Hall–Kier alpha value is -4.34. The largest absolute Gasteiger partial charge is 0.493 e. The van der Waals surface area contributed by atoms with Crippen LogP contribution < -0.4 is 11.0 Å². The van der Waals surface area contributed by atoms with Crippen LogP contribution in [-0.2, 0) is 6.54 Å². The molecule has 0 unspecified atom stereocenters. The van der Waals surface area contributed by atoms with E-state index >= 15 is 0 Å². The van der Waals surface area contributed by atoms with E-state index in [1.54, 1.807) is 6.20 Å². The number of anilines is 2. The lowest BCUT2D eigenvalue weighted by molar-refractivity contribution is 0.421. The van der Waals surface area contributed by atoms with Crippen molar-refractivity contribution >= 4 is 17.4 Å². The molecule has 0 bridgehead atoms. The summed E-state index contributed by atoms with van der Waals surface area (Å²) in [7, 11) is 0. The van der Waals surface area contributed by atoms with Crippen LogP contribution in [0.1, 0.15) is 30.0 Å². The van der Waals surface area contributed by atoms with Crippen molar-refractivity contribution in [2.45, 2.75) is 25.3 Å². The Morgan fingerprint density at radius 1 is 1.22 bits per heavy atom. The number of imidazole rings is 2. The third kappa shape index (κ3) is 3.31. The van der Waals surface area contributed by atoms with E-state index in [2.05, 4.69) is 25.5 Å². The van der Waals surface area contributed by atoms with Crippen molar-refractivity contribution in [3.05, 3.63) is 76.7 Å². The molecule has 6 rings (SSSR count). The highest BCUT2D eigenvalue weighted by Gasteiger charge is 2.25. The SMILES string of the molecule is O=c1[nH]cc(O)n1Cc1cccc(-c2cc3nccn3c(Nc3cc(C4CC4)[nH]n3)n2)c1. The van der Waals surface area contributed by atoms with Crippen molar-refractivity contribution in [3.8, 4) is 17.1 Å². The van der Waals surface area contributed by atoms with Crippen LogP contribution in [0.4, 0.5) is 11.8 Å². The van der Waals surface area contributed by atoms with Crippen molar-refractivity contribution in [3.63, 3.8) is 0 Å². The van der Waals surface area contributed by atoms with Gasteiger partial charge in [0, 0.05) is 41.7 Å². The Bertz CT molecular complexity index is 1490. The summed E-state index contributed by atoms with van der Waals surface area (Å²) < 4.78 is 3.14. The minimum atomic E-state index is -0.360. The maximum absolute atomic E-state index is 11.9. The van der Waals surface area contributed by atoms with Gasteiger partial charge in [-0.3, -0.25) is 14.1 Å². The van der Waals surface area contributed by atoms with E-state index in [-0.39, 0.29) is 18.1 Å². The molecule has 0 amide bonds. The Labute approximate surface area is 181 Å². The molecule has 4 heterocycles. The summed E-state index contributed by atoms with van der Waals surface area (Å²) >= 11 is 0. The Kier molecular flexibility index (Phi) is 4.10. The first-order chi connectivity index (χ1) is 15.6. The second-order valence-corrected chi connectivity index (χ2v) is 7.97. The molecular formula is C22H20N8O2. The minimum absolute atomic E-state index is 0.103. The number of aromatic nitrogens is 7. The van der Waals surface area contributed by atoms with Gasteiger partial charge in [-0.05, 0) is 24.5 Å². The van der Waals surface area contributed by atoms with Crippen molar-refractivity contribution in [1.82, 2.24) is 34.1 Å². The topological polar surface area (TPSA) is 129 Å². The second kappa shape index (κ2) is 7.12. The number of H-pyrrole nitrogens is 2. The monoisotopic (exact) mass is 428 g/mol. The molecule has 0 atom stereocenters. The van der Waals surface area contributed by atoms with Crippen LogP contribution in [0.5, 0.6) is 5.88 Å². The number of nitrogens with zero attached hydrogens (tertiary/aromatic N) is 5. The summed E-state index contributed by atoms with van der Waals surface area (Å²) in [5.41, 5.74) is 4.00. The molecule has 0 radical (unpaired) electrons. The first-order valence-electron chi connectivity index (χ1n) is 10.4. The van der Waals surface area contributed by atoms with E-state index < -0.39 is 0 Å². The molecule has 1 aliphatic rings. The molecular weight excluding hydrogens is 408 g/mol. The smallest absolute Gasteiger partial charge is 0.328 e. The molecule has 1 fully saturated rings. The lowest BCUT2D eigenvalue weighted by Crippen LogP contribution is -2.17. The fraction of sp³-hybridized carbons (Fsp3) is 0.182. The summed E-state index contributed by atoms with van der Waals surface area (Å²) in [6.07, 6.45) is 7.25. The van der Waals surface area contributed by atoms with Crippen LogP contribution in [0.3, 0.4) is 0 Å². The van der Waals surface area contributed by atoms with E-state index in [9.17, 15) is 9.90 Å². The van der Waals surface area contributed by atoms with E-state index in [4.69, 9.17) is 4.98 Å². The molecule has 1 saturated carbocycles. The van der Waals surface area contributed by atoms with E-state index in [1.807, 2.05) is 47.0 Å². The summed E-state index contributed by atoms with van der Waals surface area (Å²) in [6.45, 7) is 0.246. The lowest BCUT2D eigenvalue weighted by Gasteiger charge is -2.10. The zero-order valence-corrected chi connectivity index (χ0v) is 17.0. The minimum Gasteiger partial charge on any atom is -0.493 e. The van der Waals surface area contributed by atoms with Crippen LogP contribution in [0.2, 0.25) is 0 Å². The fourth-order valence-electron chi connectivity index (χ4n) is 3.83. The average Bonchev–Trinajstić information content (AvgIpc) is 3.20. The standard InChI is InChI=1S/C22H20N8O2/c31-20-11-24-22(32)30(20)12-13-2-1-3-15(8-13)16-10-19-23-6-7-29(19)21(25-16)26-18-9-17(27-28-18)14-4-5-14/h1-3,6-11,14,31H,4-5,12H2,(H,24,32)(H2,25,26,27,28). The molecule has 32 heavy (non-hydrogen) atoms. The van der Waals surface area contributed by atoms with Crippen LogP contribution in [0.25, 0.3) is 16.9 Å². The normalized spacial score (nSPS) is 13.6. The molecule has 160 valence electrons. The van der Waals surface area contributed by atoms with Gasteiger partial charge in [-0.2, -0.15) is 5.10 Å². The van der Waals surface area contributed by atoms with Gasteiger partial charge in [0.05, 0.1) is 18.4 Å². The van der Waals surface area contributed by atoms with Gasteiger partial charge < -0.3 is 15.4 Å². The first-order valence-corrected chi connectivity index (χ1v) is 10.4. The Morgan fingerprint density at radius 3 is 2.94 bits per heavy atom. The number of nitrogens with one attached hydrogen (secondary N) is 3. The summed E-state index contributed by atoms with van der Waals surface area (Å²) in [5.74, 6) is 1.80. The number of aromatic hydroxyl groups is 1. The molecule has 0 aliphatic heterocycles. The number of aromatic amines is 2. The van der Waals surface area contributed by atoms with E-state index in [0.717, 1.165) is 28.2 Å². The highest BCUT2D eigenvalue weighted by atomic mass is 16.3. The number of rotatable bonds is 6. The molecule has 1 aliphatic carbocycles. The quantitative estimate of drug-likeness (QED) is 0.329. The highest BCUT2D eigenvalue weighted by molar-refractivity contribution is 5.68. The lowest BCUT2D eigenvalue weighted by atomic mass is 10.1. The molecule has 5 aromatic rings. The average molecular weight is 428 g/mol. The third-order valence-electron chi connectivity index (χ3n) is 5.65. The Balaban J connectivity index is 1.35. The molecule has 4 N–H and O–H groups in total. The van der Waals surface area contributed by atoms with Crippen LogP contribution in [-0.4, -0.2) is 39.2 Å². The first kappa shape index (κ1) is 18.4. The molecule has 10 nitrogen and oxygen atoms in total. The zero-order valence-electron chi connectivity index (χ0n) is 17.0. The number of hydrogen-bond donors (Lipinski definition) is 4. The number of benzene rings is 1. The van der Waals surface area contributed by atoms with Gasteiger partial charge in [0.25, 0.3) is 0 Å². The van der Waals surface area contributed by atoms with Gasteiger partial charge in [0.2, 0.25) is 11.8 Å². The van der Waals surface area contributed by atoms with Crippen LogP contribution in [0, 0.1) is 0 Å². The van der Waals surface area contributed by atoms with Crippen LogP contribution >= 0.6 is 0 Å². The molecule has 10 heteroatoms. The maximum atomic E-state index is 11.9. The summed E-state index contributed by atoms with van der Waals surface area (Å²) in [6, 6.07) is 11.6. The van der Waals surface area contributed by atoms with Crippen molar-refractivity contribution in [2.24, 2.45) is 0 Å². The molecule has 0 spiro atoms. The van der Waals surface area contributed by atoms with Crippen molar-refractivity contribution < 1.29 is 5.11 Å². The van der Waals surface area contributed by atoms with Gasteiger partial charge in [-0.25, -0.2) is 14.8 Å². The fourth-order valence-corrected chi connectivity index (χ4v) is 3.83. The van der Waals surface area contributed by atoms with Gasteiger partial charge in [0.1, 0.15) is 5.65 Å². The molecule has 0 saturated heterocycles. The molecule has 1 aromatic carbocycles. The van der Waals surface area contributed by atoms with E-state index in [1.165, 1.54) is 23.6 Å². The summed E-state index contributed by atoms with van der Waals surface area (Å²) in [4.78, 5) is 23.6. The Morgan fingerprint density at radius 2 is 2.12 bits per heavy atom. The highest BCUT2D eigenvalue weighted by Crippen LogP contribution is 2.39. The third-order valence-corrected chi connectivity index (χ3v) is 5.65. The predicted octanol–water partition coefficient (Wildman–Crippen LogP) is 2.98. The van der Waals surface area contributed by atoms with Gasteiger partial charge in [-0.1, -0.05) is 18.2 Å². The summed E-state index contributed by atoms with van der Waals surface area (Å²) in [5, 5.41) is 20.6. The molecule has 4 aromatic heterocycles. The zero-order chi connectivity index (χ0) is 21.7. The van der Waals surface area contributed by atoms with Gasteiger partial charge >= 0.3 is 5.69 Å². The van der Waals surface area contributed by atoms with Crippen LogP contribution in [0.15, 0.2) is 59.8 Å². The van der Waals surface area contributed by atoms with Gasteiger partial charge in [-0.15, -0.1) is 0 Å². The number of fused-ring (bicyclic) bond motifs is 1. The number of hydrogen-bond acceptors (Lipinski definition) is 6. The van der Waals surface area contributed by atoms with Crippen molar-refractivity contribution in [1.29, 1.82) is 0 Å². The second-order valence-electron chi connectivity index (χ2n) is 7.97. The van der Waals surface area contributed by atoms with E-state index in [0.29, 0.717) is 17.7 Å². The van der Waals surface area contributed by atoms with Crippen molar-refractivity contribution in [2.75, 3.05) is 5.32 Å².